The molecule has 1 aliphatic carbocycles. The quantitative estimate of drug-likeness (QED) is 0.841. The van der Waals surface area contributed by atoms with E-state index in [0.29, 0.717) is 15.8 Å². The number of hydrogen-bond acceptors (Lipinski definition) is 3. The van der Waals surface area contributed by atoms with E-state index in [1.807, 2.05) is 13.0 Å². The van der Waals surface area contributed by atoms with E-state index in [1.54, 1.807) is 6.07 Å². The second-order valence-electron chi connectivity index (χ2n) is 4.06. The molecule has 16 heavy (non-hydrogen) atoms. The van der Waals surface area contributed by atoms with E-state index in [0.717, 1.165) is 18.4 Å². The van der Waals surface area contributed by atoms with E-state index >= 15 is 0 Å². The summed E-state index contributed by atoms with van der Waals surface area (Å²) in [6.45, 7) is 1.90. The molecule has 0 radical (unpaired) electrons. The zero-order valence-corrected chi connectivity index (χ0v) is 11.2. The van der Waals surface area contributed by atoms with Gasteiger partial charge in [0.1, 0.15) is 0 Å². The van der Waals surface area contributed by atoms with Crippen molar-refractivity contribution in [3.05, 3.63) is 22.2 Å². The van der Waals surface area contributed by atoms with Gasteiger partial charge < -0.3 is 5.73 Å². The second kappa shape index (κ2) is 3.92. The Kier molecular flexibility index (Phi) is 2.88. The SMILES string of the molecule is Cc1cc(N)c(NS(=O)(=O)C2CC2)c(Br)c1. The maximum absolute atomic E-state index is 11.8. The van der Waals surface area contributed by atoms with Gasteiger partial charge >= 0.3 is 0 Å². The van der Waals surface area contributed by atoms with Crippen molar-refractivity contribution in [3.8, 4) is 0 Å². The summed E-state index contributed by atoms with van der Waals surface area (Å²) in [6, 6.07) is 3.58. The van der Waals surface area contributed by atoms with Crippen molar-refractivity contribution in [3.63, 3.8) is 0 Å². The van der Waals surface area contributed by atoms with Crippen LogP contribution in [0.2, 0.25) is 0 Å². The summed E-state index contributed by atoms with van der Waals surface area (Å²) in [7, 11) is -3.26. The number of benzene rings is 1. The van der Waals surface area contributed by atoms with E-state index < -0.39 is 10.0 Å². The fourth-order valence-corrected chi connectivity index (χ4v) is 3.74. The van der Waals surface area contributed by atoms with Crippen LogP contribution in [0.1, 0.15) is 18.4 Å². The molecule has 1 aromatic carbocycles. The lowest BCUT2D eigenvalue weighted by atomic mass is 10.2. The third-order valence-corrected chi connectivity index (χ3v) is 4.94. The lowest BCUT2D eigenvalue weighted by molar-refractivity contribution is 0.600. The van der Waals surface area contributed by atoms with Crippen LogP contribution in [-0.2, 0) is 10.0 Å². The predicted molar refractivity (Wildman–Crippen MR) is 68.9 cm³/mol. The van der Waals surface area contributed by atoms with E-state index in [-0.39, 0.29) is 5.25 Å². The Morgan fingerprint density at radius 1 is 1.44 bits per heavy atom. The molecule has 1 fully saturated rings. The summed E-state index contributed by atoms with van der Waals surface area (Å²) >= 11 is 3.31. The van der Waals surface area contributed by atoms with Crippen LogP contribution in [0.15, 0.2) is 16.6 Å². The second-order valence-corrected chi connectivity index (χ2v) is 6.87. The molecular weight excluding hydrogens is 292 g/mol. The molecule has 0 saturated heterocycles. The number of anilines is 2. The molecule has 2 rings (SSSR count). The van der Waals surface area contributed by atoms with Crippen molar-refractivity contribution in [2.24, 2.45) is 0 Å². The number of halogens is 1. The van der Waals surface area contributed by atoms with Gasteiger partial charge in [-0.25, -0.2) is 8.42 Å². The smallest absolute Gasteiger partial charge is 0.235 e. The minimum atomic E-state index is -3.26. The zero-order chi connectivity index (χ0) is 11.9. The van der Waals surface area contributed by atoms with E-state index in [1.165, 1.54) is 0 Å². The molecule has 0 aromatic heterocycles. The van der Waals surface area contributed by atoms with E-state index in [2.05, 4.69) is 20.7 Å². The molecule has 0 unspecified atom stereocenters. The minimum Gasteiger partial charge on any atom is -0.397 e. The maximum Gasteiger partial charge on any atom is 0.235 e. The van der Waals surface area contributed by atoms with Gasteiger partial charge in [0.15, 0.2) is 0 Å². The molecule has 1 saturated carbocycles. The van der Waals surface area contributed by atoms with Crippen molar-refractivity contribution < 1.29 is 8.42 Å². The van der Waals surface area contributed by atoms with Gasteiger partial charge in [0.2, 0.25) is 10.0 Å². The molecule has 1 aromatic rings. The van der Waals surface area contributed by atoms with Gasteiger partial charge in [-0.05, 0) is 53.4 Å². The summed E-state index contributed by atoms with van der Waals surface area (Å²) in [5, 5.41) is -0.250. The number of nitrogen functional groups attached to an aromatic ring is 1. The Bertz CT molecular complexity index is 501. The maximum atomic E-state index is 11.8. The first kappa shape index (κ1) is 11.7. The van der Waals surface area contributed by atoms with E-state index in [9.17, 15) is 8.42 Å². The van der Waals surface area contributed by atoms with Crippen molar-refractivity contribution in [1.82, 2.24) is 0 Å². The van der Waals surface area contributed by atoms with E-state index in [4.69, 9.17) is 5.73 Å². The van der Waals surface area contributed by atoms with Crippen LogP contribution in [0.25, 0.3) is 0 Å². The number of sulfonamides is 1. The minimum absolute atomic E-state index is 0.250. The van der Waals surface area contributed by atoms with Gasteiger partial charge in [-0.15, -0.1) is 0 Å². The third kappa shape index (κ3) is 2.32. The molecule has 88 valence electrons. The molecule has 0 heterocycles. The Morgan fingerprint density at radius 3 is 2.56 bits per heavy atom. The highest BCUT2D eigenvalue weighted by atomic mass is 79.9. The fourth-order valence-electron chi connectivity index (χ4n) is 1.48. The predicted octanol–water partition coefficient (Wildman–Crippen LogP) is 2.24. The van der Waals surface area contributed by atoms with Crippen molar-refractivity contribution in [2.75, 3.05) is 10.5 Å². The van der Waals surface area contributed by atoms with Crippen molar-refractivity contribution >= 4 is 37.3 Å². The van der Waals surface area contributed by atoms with Crippen LogP contribution in [0, 0.1) is 6.92 Å². The Hall–Kier alpha value is -0.750. The molecule has 0 bridgehead atoms. The first-order valence-electron chi connectivity index (χ1n) is 4.97. The molecule has 3 N–H and O–H groups in total. The molecule has 0 spiro atoms. The first-order chi connectivity index (χ1) is 7.40. The number of hydrogen-bond donors (Lipinski definition) is 2. The Morgan fingerprint density at radius 2 is 2.06 bits per heavy atom. The summed E-state index contributed by atoms with van der Waals surface area (Å²) in [5.74, 6) is 0. The topological polar surface area (TPSA) is 72.2 Å². The molecule has 0 atom stereocenters. The average molecular weight is 305 g/mol. The normalized spacial score (nSPS) is 16.1. The lowest BCUT2D eigenvalue weighted by Crippen LogP contribution is -2.18. The van der Waals surface area contributed by atoms with Crippen molar-refractivity contribution in [1.29, 1.82) is 0 Å². The summed E-state index contributed by atoms with van der Waals surface area (Å²) < 4.78 is 26.7. The Labute approximate surface area is 103 Å². The summed E-state index contributed by atoms with van der Waals surface area (Å²) in [6.07, 6.45) is 1.47. The number of nitrogens with two attached hydrogens (primary N) is 1. The third-order valence-electron chi connectivity index (χ3n) is 2.47. The summed E-state index contributed by atoms with van der Waals surface area (Å²) in [5.41, 5.74) is 7.66. The van der Waals surface area contributed by atoms with Gasteiger partial charge in [-0.2, -0.15) is 0 Å². The largest absolute Gasteiger partial charge is 0.397 e. The van der Waals surface area contributed by atoms with Crippen LogP contribution in [0.3, 0.4) is 0 Å². The fraction of sp³-hybridized carbons (Fsp3) is 0.400. The molecule has 6 heteroatoms. The average Bonchev–Trinajstić information content (AvgIpc) is 2.94. The van der Waals surface area contributed by atoms with Crippen LogP contribution in [0.5, 0.6) is 0 Å². The molecule has 0 amide bonds. The Balaban J connectivity index is 2.34. The van der Waals surface area contributed by atoms with Gasteiger partial charge in [-0.1, -0.05) is 0 Å². The van der Waals surface area contributed by atoms with Crippen LogP contribution < -0.4 is 10.5 Å². The zero-order valence-electron chi connectivity index (χ0n) is 8.83. The van der Waals surface area contributed by atoms with Gasteiger partial charge in [0.05, 0.1) is 16.6 Å². The highest BCUT2D eigenvalue weighted by molar-refractivity contribution is 9.10. The van der Waals surface area contributed by atoms with Crippen LogP contribution in [-0.4, -0.2) is 13.7 Å². The first-order valence-corrected chi connectivity index (χ1v) is 7.31. The summed E-state index contributed by atoms with van der Waals surface area (Å²) in [4.78, 5) is 0. The number of aryl methyl sites for hydroxylation is 1. The highest BCUT2D eigenvalue weighted by Gasteiger charge is 2.36. The highest BCUT2D eigenvalue weighted by Crippen LogP contribution is 2.35. The van der Waals surface area contributed by atoms with Crippen LogP contribution in [0.4, 0.5) is 11.4 Å². The van der Waals surface area contributed by atoms with Gasteiger partial charge in [0, 0.05) is 4.47 Å². The number of nitrogens with one attached hydrogen (secondary N) is 1. The standard InChI is InChI=1S/C10H13BrN2O2S/c1-6-4-8(11)10(9(12)5-6)13-16(14,15)7-2-3-7/h4-5,7,13H,2-3,12H2,1H3. The monoisotopic (exact) mass is 304 g/mol. The molecule has 0 aliphatic heterocycles. The number of rotatable bonds is 3. The lowest BCUT2D eigenvalue weighted by Gasteiger charge is -2.12. The molecule has 1 aliphatic rings. The molecule has 4 nitrogen and oxygen atoms in total. The van der Waals surface area contributed by atoms with Gasteiger partial charge in [0.25, 0.3) is 0 Å². The van der Waals surface area contributed by atoms with Crippen molar-refractivity contribution in [2.45, 2.75) is 25.0 Å². The molecular formula is C10H13BrN2O2S. The van der Waals surface area contributed by atoms with Gasteiger partial charge in [-0.3, -0.25) is 4.72 Å². The van der Waals surface area contributed by atoms with Crippen LogP contribution >= 0.6 is 15.9 Å².